The van der Waals surface area contributed by atoms with Crippen LogP contribution in [0.2, 0.25) is 0 Å². The first-order valence-electron chi connectivity index (χ1n) is 0.926. The summed E-state index contributed by atoms with van der Waals surface area (Å²) >= 11 is 0. The molecule has 0 saturated heterocycles. The normalized spacial score (nSPS) is 6.55. The second-order valence-electron chi connectivity index (χ2n) is 0.378. The van der Waals surface area contributed by atoms with Crippen molar-refractivity contribution in [3.05, 3.63) is 0 Å². The zero-order valence-electron chi connectivity index (χ0n) is 4.91. The maximum absolute atomic E-state index is 8.41. The SMILES string of the molecule is O.O.[Ca+2].[O-][Cl+2]([O-])[O-].[O-][Cl+2]([O-])[O-]. The average molecular weight is 243 g/mol. The summed E-state index contributed by atoms with van der Waals surface area (Å²) in [5, 5.41) is 0. The van der Waals surface area contributed by atoms with Crippen molar-refractivity contribution in [2.75, 3.05) is 0 Å². The van der Waals surface area contributed by atoms with Crippen molar-refractivity contribution in [2.45, 2.75) is 0 Å². The standard InChI is InChI=1S/Ca.2ClO3.2H2O/c;2*2-1(3)4;;/h;;;2*1H2/q+2;2*-1;;. The molecule has 0 aliphatic heterocycles. The Balaban J connectivity index is -0.0000000171. The molecule has 0 unspecified atom stereocenters. The number of rotatable bonds is 0. The first-order chi connectivity index (χ1) is 3.46. The summed E-state index contributed by atoms with van der Waals surface area (Å²) in [6, 6.07) is 0. The second kappa shape index (κ2) is 22.5. The molecule has 0 saturated carbocycles. The van der Waals surface area contributed by atoms with Gasteiger partial charge in [-0.15, -0.1) is 0 Å². The van der Waals surface area contributed by atoms with Crippen molar-refractivity contribution in [1.29, 1.82) is 0 Å². The zero-order valence-corrected chi connectivity index (χ0v) is 8.63. The Bertz CT molecular complexity index is 27.6. The minimum absolute atomic E-state index is 0. The van der Waals surface area contributed by atoms with Crippen LogP contribution in [0, 0.1) is 21.6 Å². The van der Waals surface area contributed by atoms with Gasteiger partial charge in [-0.25, -0.2) is 0 Å². The number of hydrogen-bond donors (Lipinski definition) is 0. The fourth-order valence-corrected chi connectivity index (χ4v) is 0. The molecule has 11 heavy (non-hydrogen) atoms. The maximum atomic E-state index is 8.41. The van der Waals surface area contributed by atoms with Gasteiger partial charge < -0.3 is 38.9 Å². The van der Waals surface area contributed by atoms with Crippen LogP contribution in [-0.4, -0.2) is 48.7 Å². The van der Waals surface area contributed by atoms with E-state index in [0.29, 0.717) is 0 Å². The van der Waals surface area contributed by atoms with Gasteiger partial charge in [0.05, 0.1) is 21.6 Å². The summed E-state index contributed by atoms with van der Waals surface area (Å²) in [6.45, 7) is 0. The van der Waals surface area contributed by atoms with Gasteiger partial charge in [-0.1, -0.05) is 0 Å². The molecule has 0 heterocycles. The van der Waals surface area contributed by atoms with E-state index in [0.717, 1.165) is 0 Å². The van der Waals surface area contributed by atoms with E-state index >= 15 is 0 Å². The fourth-order valence-electron chi connectivity index (χ4n) is 0. The monoisotopic (exact) mass is 242 g/mol. The first kappa shape index (κ1) is 29.4. The van der Waals surface area contributed by atoms with Crippen LogP contribution in [0.5, 0.6) is 0 Å². The molecule has 11 heteroatoms. The summed E-state index contributed by atoms with van der Waals surface area (Å²) in [4.78, 5) is 0. The van der Waals surface area contributed by atoms with Crippen LogP contribution in [0.4, 0.5) is 0 Å². The maximum Gasteiger partial charge on any atom is 2.00 e. The Labute approximate surface area is 97.5 Å². The van der Waals surface area contributed by atoms with Crippen LogP contribution in [0.25, 0.3) is 0 Å². The molecule has 0 spiro atoms. The van der Waals surface area contributed by atoms with Crippen LogP contribution < -0.4 is 28.0 Å². The van der Waals surface area contributed by atoms with Gasteiger partial charge in [0, 0.05) is 0 Å². The molecule has 0 atom stereocenters. The third-order valence-corrected chi connectivity index (χ3v) is 0. The summed E-state index contributed by atoms with van der Waals surface area (Å²) in [5.74, 6) is 0. The minimum atomic E-state index is -2.85. The molecule has 0 fully saturated rings. The quantitative estimate of drug-likeness (QED) is 0.377. The van der Waals surface area contributed by atoms with Crippen molar-refractivity contribution in [3.63, 3.8) is 0 Å². The van der Waals surface area contributed by atoms with E-state index in [2.05, 4.69) is 0 Å². The molecule has 0 radical (unpaired) electrons. The summed E-state index contributed by atoms with van der Waals surface area (Å²) in [5.41, 5.74) is 0. The van der Waals surface area contributed by atoms with Crippen LogP contribution in [0.1, 0.15) is 0 Å². The number of hydrogen-bond acceptors (Lipinski definition) is 6. The topological polar surface area (TPSA) is 201 Å². The van der Waals surface area contributed by atoms with Crippen LogP contribution >= 0.6 is 0 Å². The van der Waals surface area contributed by atoms with Crippen molar-refractivity contribution >= 4 is 37.7 Å². The van der Waals surface area contributed by atoms with E-state index in [1.807, 2.05) is 0 Å². The van der Waals surface area contributed by atoms with E-state index in [1.165, 1.54) is 0 Å². The van der Waals surface area contributed by atoms with Gasteiger partial charge >= 0.3 is 37.7 Å². The van der Waals surface area contributed by atoms with Crippen molar-refractivity contribution in [2.24, 2.45) is 0 Å². The Kier molecular flexibility index (Phi) is 60.2. The summed E-state index contributed by atoms with van der Waals surface area (Å²) < 4.78 is 50.4. The second-order valence-corrected chi connectivity index (χ2v) is 1.13. The Morgan fingerprint density at radius 3 is 0.545 bits per heavy atom. The van der Waals surface area contributed by atoms with E-state index in [9.17, 15) is 0 Å². The minimum Gasteiger partial charge on any atom is -0.412 e. The third-order valence-electron chi connectivity index (χ3n) is 0. The van der Waals surface area contributed by atoms with Crippen molar-refractivity contribution < 1.29 is 60.5 Å². The van der Waals surface area contributed by atoms with Gasteiger partial charge in [0.25, 0.3) is 0 Å². The van der Waals surface area contributed by atoms with Gasteiger partial charge in [0.1, 0.15) is 0 Å². The molecule has 0 bridgehead atoms. The van der Waals surface area contributed by atoms with E-state index in [-0.39, 0.29) is 48.7 Å². The molecule has 0 aromatic heterocycles. The molecule has 0 rings (SSSR count). The van der Waals surface area contributed by atoms with Crippen LogP contribution in [-0.2, 0) is 0 Å². The van der Waals surface area contributed by atoms with Gasteiger partial charge in [-0.2, -0.15) is 0 Å². The molecule has 0 aromatic rings. The largest absolute Gasteiger partial charge is 2.00 e. The van der Waals surface area contributed by atoms with Crippen molar-refractivity contribution in [3.8, 4) is 0 Å². The van der Waals surface area contributed by atoms with E-state index in [4.69, 9.17) is 28.0 Å². The van der Waals surface area contributed by atoms with E-state index in [1.54, 1.807) is 0 Å². The molecule has 0 aliphatic carbocycles. The zero-order chi connectivity index (χ0) is 7.15. The average Bonchev–Trinajstić information content (AvgIpc) is 1.25. The van der Waals surface area contributed by atoms with Crippen LogP contribution in [0.3, 0.4) is 0 Å². The Morgan fingerprint density at radius 1 is 0.545 bits per heavy atom. The third kappa shape index (κ3) is 452. The van der Waals surface area contributed by atoms with E-state index < -0.39 is 21.6 Å². The molecule has 0 aromatic carbocycles. The molecular formula is H4CaCl2O8. The number of halogens is 2. The van der Waals surface area contributed by atoms with Gasteiger partial charge in [0.2, 0.25) is 0 Å². The smallest absolute Gasteiger partial charge is 0.412 e. The molecule has 0 aliphatic rings. The Morgan fingerprint density at radius 2 is 0.545 bits per heavy atom. The molecule has 68 valence electrons. The van der Waals surface area contributed by atoms with Crippen LogP contribution in [0.15, 0.2) is 0 Å². The van der Waals surface area contributed by atoms with Gasteiger partial charge in [-0.05, 0) is 0 Å². The first-order valence-corrected chi connectivity index (χ1v) is 2.78. The summed E-state index contributed by atoms with van der Waals surface area (Å²) in [6.07, 6.45) is 0. The molecule has 0 amide bonds. The Hall–Kier alpha value is 1.52. The van der Waals surface area contributed by atoms with Gasteiger partial charge in [-0.3, -0.25) is 0 Å². The molecule has 4 N–H and O–H groups in total. The predicted octanol–water partition coefficient (Wildman–Crippen LogP) is -9.16. The fraction of sp³-hybridized carbons (Fsp3) is 0. The molecular weight excluding hydrogens is 239 g/mol. The van der Waals surface area contributed by atoms with Crippen molar-refractivity contribution in [1.82, 2.24) is 0 Å². The predicted molar refractivity (Wildman–Crippen MR) is 13.0 cm³/mol. The summed E-state index contributed by atoms with van der Waals surface area (Å²) in [7, 11) is -5.70. The van der Waals surface area contributed by atoms with Gasteiger partial charge in [0.15, 0.2) is 0 Å². The molecule has 8 nitrogen and oxygen atoms in total.